The zero-order valence-corrected chi connectivity index (χ0v) is 19.2. The number of carbonyl (C=O) groups excluding carboxylic acids is 2. The average molecular weight is 470 g/mol. The first-order valence-electron chi connectivity index (χ1n) is 10.9. The third-order valence-corrected chi connectivity index (χ3v) is 5.64. The number of pyridine rings is 1. The van der Waals surface area contributed by atoms with Gasteiger partial charge in [-0.15, -0.1) is 0 Å². The molecule has 4 aromatic rings. The normalized spacial score (nSPS) is 11.0. The standard InChI is InChI=1S/C26H23N5O4/c1-17-8-3-4-11-22(17)27-16-24(32)29-28-15-21-18(2)25(30-13-6-5-12-23(21)30)26(33)19-9-7-10-20(14-19)31(34)35/h3-15,27H,16H2,1-2H3,(H,29,32). The molecule has 2 heterocycles. The molecule has 0 radical (unpaired) electrons. The third kappa shape index (κ3) is 4.93. The number of nitro benzene ring substituents is 1. The summed E-state index contributed by atoms with van der Waals surface area (Å²) in [6.07, 6.45) is 3.25. The fourth-order valence-electron chi connectivity index (χ4n) is 3.85. The molecule has 0 fully saturated rings. The van der Waals surface area contributed by atoms with Crippen LogP contribution >= 0.6 is 0 Å². The summed E-state index contributed by atoms with van der Waals surface area (Å²) in [5.41, 5.74) is 6.84. The summed E-state index contributed by atoms with van der Waals surface area (Å²) in [6.45, 7) is 3.78. The van der Waals surface area contributed by atoms with Gasteiger partial charge in [0.25, 0.3) is 11.6 Å². The van der Waals surface area contributed by atoms with Gasteiger partial charge in [-0.3, -0.25) is 19.7 Å². The quantitative estimate of drug-likeness (QED) is 0.173. The number of fused-ring (bicyclic) bond motifs is 1. The summed E-state index contributed by atoms with van der Waals surface area (Å²) in [7, 11) is 0. The van der Waals surface area contributed by atoms with Crippen molar-refractivity contribution in [2.24, 2.45) is 5.10 Å². The van der Waals surface area contributed by atoms with Crippen LogP contribution in [0.1, 0.15) is 32.7 Å². The number of aromatic nitrogens is 1. The molecule has 0 spiro atoms. The number of hydrogen-bond donors (Lipinski definition) is 2. The first-order chi connectivity index (χ1) is 16.9. The van der Waals surface area contributed by atoms with Gasteiger partial charge in [-0.05, 0) is 43.2 Å². The van der Waals surface area contributed by atoms with Crippen LogP contribution in [-0.2, 0) is 4.79 Å². The molecule has 9 nitrogen and oxygen atoms in total. The molecule has 4 rings (SSSR count). The monoisotopic (exact) mass is 469 g/mol. The first kappa shape index (κ1) is 23.4. The van der Waals surface area contributed by atoms with Crippen LogP contribution in [0.4, 0.5) is 11.4 Å². The van der Waals surface area contributed by atoms with E-state index in [9.17, 15) is 19.7 Å². The van der Waals surface area contributed by atoms with Crippen LogP contribution < -0.4 is 10.7 Å². The Balaban J connectivity index is 1.57. The van der Waals surface area contributed by atoms with Crippen molar-refractivity contribution in [2.75, 3.05) is 11.9 Å². The number of nitrogens with one attached hydrogen (secondary N) is 2. The van der Waals surface area contributed by atoms with Gasteiger partial charge in [0, 0.05) is 35.1 Å². The summed E-state index contributed by atoms with van der Waals surface area (Å²) < 4.78 is 1.72. The third-order valence-electron chi connectivity index (χ3n) is 5.64. The Morgan fingerprint density at radius 1 is 1.06 bits per heavy atom. The lowest BCUT2D eigenvalue weighted by atomic mass is 10.0. The van der Waals surface area contributed by atoms with Gasteiger partial charge >= 0.3 is 0 Å². The Bertz CT molecular complexity index is 1470. The number of anilines is 1. The Hall–Kier alpha value is -4.79. The molecule has 2 aromatic carbocycles. The topological polar surface area (TPSA) is 118 Å². The molecule has 0 aliphatic carbocycles. The Morgan fingerprint density at radius 3 is 2.60 bits per heavy atom. The number of rotatable bonds is 8. The Morgan fingerprint density at radius 2 is 1.83 bits per heavy atom. The molecule has 0 aliphatic rings. The van der Waals surface area contributed by atoms with Crippen molar-refractivity contribution >= 4 is 34.8 Å². The highest BCUT2D eigenvalue weighted by Gasteiger charge is 2.22. The van der Waals surface area contributed by atoms with Crippen molar-refractivity contribution in [3.05, 3.63) is 111 Å². The lowest BCUT2D eigenvalue weighted by Crippen LogP contribution is -2.26. The van der Waals surface area contributed by atoms with Gasteiger partial charge < -0.3 is 9.72 Å². The summed E-state index contributed by atoms with van der Waals surface area (Å²) in [4.78, 5) is 36.2. The highest BCUT2D eigenvalue weighted by molar-refractivity contribution is 6.12. The zero-order valence-electron chi connectivity index (χ0n) is 19.2. The maximum atomic E-state index is 13.3. The SMILES string of the molecule is Cc1ccccc1NCC(=O)NN=Cc1c(C)c(C(=O)c2cccc([N+](=O)[O-])c2)n2ccccc12. The second-order valence-electron chi connectivity index (χ2n) is 7.94. The molecular formula is C26H23N5O4. The Kier molecular flexibility index (Phi) is 6.68. The van der Waals surface area contributed by atoms with Gasteiger partial charge in [0.1, 0.15) is 0 Å². The van der Waals surface area contributed by atoms with Crippen molar-refractivity contribution in [1.29, 1.82) is 0 Å². The molecule has 1 amide bonds. The van der Waals surface area contributed by atoms with Crippen molar-refractivity contribution in [1.82, 2.24) is 9.83 Å². The molecule has 0 bridgehead atoms. The minimum absolute atomic E-state index is 0.0498. The molecule has 2 aromatic heterocycles. The van der Waals surface area contributed by atoms with Gasteiger partial charge in [0.2, 0.25) is 5.78 Å². The van der Waals surface area contributed by atoms with E-state index >= 15 is 0 Å². The van der Waals surface area contributed by atoms with Gasteiger partial charge in [-0.2, -0.15) is 5.10 Å². The summed E-state index contributed by atoms with van der Waals surface area (Å²) in [5.74, 6) is -0.669. The van der Waals surface area contributed by atoms with E-state index in [1.807, 2.05) is 43.3 Å². The molecule has 0 aliphatic heterocycles. The van der Waals surface area contributed by atoms with Crippen LogP contribution in [0.3, 0.4) is 0 Å². The lowest BCUT2D eigenvalue weighted by Gasteiger charge is -2.07. The van der Waals surface area contributed by atoms with Crippen molar-refractivity contribution < 1.29 is 14.5 Å². The largest absolute Gasteiger partial charge is 0.376 e. The van der Waals surface area contributed by atoms with Crippen LogP contribution in [0.5, 0.6) is 0 Å². The number of hydrogen-bond acceptors (Lipinski definition) is 6. The minimum atomic E-state index is -0.533. The van der Waals surface area contributed by atoms with E-state index in [2.05, 4.69) is 15.8 Å². The van der Waals surface area contributed by atoms with E-state index in [1.165, 1.54) is 24.4 Å². The second kappa shape index (κ2) is 10.0. The minimum Gasteiger partial charge on any atom is -0.376 e. The zero-order chi connectivity index (χ0) is 24.9. The second-order valence-corrected chi connectivity index (χ2v) is 7.94. The highest BCUT2D eigenvalue weighted by Crippen LogP contribution is 2.25. The predicted molar refractivity (Wildman–Crippen MR) is 134 cm³/mol. The molecule has 0 atom stereocenters. The predicted octanol–water partition coefficient (Wildman–Crippen LogP) is 4.26. The van der Waals surface area contributed by atoms with Crippen LogP contribution in [0.15, 0.2) is 78.0 Å². The summed E-state index contributed by atoms with van der Waals surface area (Å²) in [6, 6.07) is 18.7. The molecule has 176 valence electrons. The lowest BCUT2D eigenvalue weighted by molar-refractivity contribution is -0.384. The molecule has 0 saturated carbocycles. The number of benzene rings is 2. The average Bonchev–Trinajstić information content (AvgIpc) is 3.14. The number of nitrogens with zero attached hydrogens (tertiary/aromatic N) is 3. The van der Waals surface area contributed by atoms with Crippen molar-refractivity contribution in [3.8, 4) is 0 Å². The van der Waals surface area contributed by atoms with Gasteiger partial charge in [0.05, 0.1) is 28.9 Å². The van der Waals surface area contributed by atoms with Crippen LogP contribution in [0, 0.1) is 24.0 Å². The number of carbonyl (C=O) groups is 2. The van der Waals surface area contributed by atoms with E-state index in [4.69, 9.17) is 0 Å². The molecule has 2 N–H and O–H groups in total. The molecule has 0 unspecified atom stereocenters. The maximum Gasteiger partial charge on any atom is 0.270 e. The number of para-hydroxylation sites is 1. The van der Waals surface area contributed by atoms with Crippen LogP contribution in [-0.4, -0.2) is 33.8 Å². The Labute approximate surface area is 201 Å². The molecule has 0 saturated heterocycles. The highest BCUT2D eigenvalue weighted by atomic mass is 16.6. The molecular weight excluding hydrogens is 446 g/mol. The van der Waals surface area contributed by atoms with Crippen LogP contribution in [0.25, 0.3) is 5.52 Å². The first-order valence-corrected chi connectivity index (χ1v) is 10.9. The van der Waals surface area contributed by atoms with Gasteiger partial charge in [-0.1, -0.05) is 36.4 Å². The van der Waals surface area contributed by atoms with Crippen molar-refractivity contribution in [3.63, 3.8) is 0 Å². The van der Waals surface area contributed by atoms with Gasteiger partial charge in [0.15, 0.2) is 0 Å². The van der Waals surface area contributed by atoms with E-state index in [0.717, 1.165) is 16.8 Å². The van der Waals surface area contributed by atoms with Crippen molar-refractivity contribution in [2.45, 2.75) is 13.8 Å². The number of hydrazone groups is 1. The number of amides is 1. The summed E-state index contributed by atoms with van der Waals surface area (Å²) in [5, 5.41) is 18.3. The fraction of sp³-hybridized carbons (Fsp3) is 0.115. The van der Waals surface area contributed by atoms with E-state index in [-0.39, 0.29) is 29.5 Å². The fourth-order valence-corrected chi connectivity index (χ4v) is 3.85. The number of nitro groups is 1. The number of non-ortho nitro benzene ring substituents is 1. The van der Waals surface area contributed by atoms with E-state index in [0.29, 0.717) is 16.8 Å². The van der Waals surface area contributed by atoms with Gasteiger partial charge in [-0.25, -0.2) is 5.43 Å². The van der Waals surface area contributed by atoms with E-state index in [1.54, 1.807) is 29.7 Å². The summed E-state index contributed by atoms with van der Waals surface area (Å²) >= 11 is 0. The van der Waals surface area contributed by atoms with Crippen LogP contribution in [0.2, 0.25) is 0 Å². The molecule has 9 heteroatoms. The number of ketones is 1. The number of aryl methyl sites for hydroxylation is 1. The maximum absolute atomic E-state index is 13.3. The smallest absolute Gasteiger partial charge is 0.270 e. The van der Waals surface area contributed by atoms with E-state index < -0.39 is 4.92 Å². The molecule has 35 heavy (non-hydrogen) atoms.